The maximum Gasteiger partial charge on any atom is 0.181 e. The van der Waals surface area contributed by atoms with E-state index in [1.54, 1.807) is 24.8 Å². The molecule has 0 fully saturated rings. The van der Waals surface area contributed by atoms with E-state index in [-0.39, 0.29) is 0 Å². The monoisotopic (exact) mass is 323 g/mol. The fourth-order valence-corrected chi connectivity index (χ4v) is 2.71. The van der Waals surface area contributed by atoms with E-state index in [0.29, 0.717) is 15.8 Å². The zero-order valence-electron chi connectivity index (χ0n) is 10.6. The second-order valence-corrected chi connectivity index (χ2v) is 6.00. The summed E-state index contributed by atoms with van der Waals surface area (Å²) in [7, 11) is 0. The summed E-state index contributed by atoms with van der Waals surface area (Å²) < 4.78 is 5.39. The number of hydrogen-bond donors (Lipinski definition) is 0. The van der Waals surface area contributed by atoms with Gasteiger partial charge in [0, 0.05) is 9.79 Å². The first kappa shape index (κ1) is 15.1. The van der Waals surface area contributed by atoms with E-state index in [2.05, 4.69) is 0 Å². The maximum atomic E-state index is 8.69. The van der Waals surface area contributed by atoms with E-state index >= 15 is 0 Å². The fourth-order valence-electron chi connectivity index (χ4n) is 1.49. The Bertz CT molecular complexity index is 637. The standard InChI is InChI=1S/C15H11Cl2NOS/c1-10(9-18)19-11-2-4-12(5-3-11)20-13-6-7-14(16)15(17)8-13/h2-8,10H,1H3. The largest absolute Gasteiger partial charge is 0.476 e. The quantitative estimate of drug-likeness (QED) is 0.751. The van der Waals surface area contributed by atoms with Crippen LogP contribution in [0.2, 0.25) is 10.0 Å². The van der Waals surface area contributed by atoms with Crippen LogP contribution >= 0.6 is 35.0 Å². The lowest BCUT2D eigenvalue weighted by Crippen LogP contribution is -2.07. The molecule has 5 heteroatoms. The summed E-state index contributed by atoms with van der Waals surface area (Å²) in [6.45, 7) is 1.71. The van der Waals surface area contributed by atoms with Gasteiger partial charge in [-0.25, -0.2) is 0 Å². The van der Waals surface area contributed by atoms with Crippen LogP contribution in [-0.2, 0) is 0 Å². The molecule has 0 radical (unpaired) electrons. The SMILES string of the molecule is CC(C#N)Oc1ccc(Sc2ccc(Cl)c(Cl)c2)cc1. The molecule has 102 valence electrons. The molecule has 0 N–H and O–H groups in total. The molecule has 2 aromatic rings. The summed E-state index contributed by atoms with van der Waals surface area (Å²) in [5, 5.41) is 9.78. The number of ether oxygens (including phenoxy) is 1. The number of nitriles is 1. The Morgan fingerprint density at radius 2 is 1.70 bits per heavy atom. The lowest BCUT2D eigenvalue weighted by molar-refractivity contribution is 0.276. The number of benzene rings is 2. The van der Waals surface area contributed by atoms with Crippen molar-refractivity contribution in [3.63, 3.8) is 0 Å². The van der Waals surface area contributed by atoms with Crippen LogP contribution in [0.3, 0.4) is 0 Å². The van der Waals surface area contributed by atoms with Gasteiger partial charge < -0.3 is 4.74 Å². The Hall–Kier alpha value is -1.34. The molecular weight excluding hydrogens is 313 g/mol. The molecule has 0 amide bonds. The topological polar surface area (TPSA) is 33.0 Å². The maximum absolute atomic E-state index is 8.69. The van der Waals surface area contributed by atoms with Gasteiger partial charge in [-0.15, -0.1) is 0 Å². The van der Waals surface area contributed by atoms with Gasteiger partial charge in [-0.3, -0.25) is 0 Å². The summed E-state index contributed by atoms with van der Waals surface area (Å²) in [4.78, 5) is 2.07. The molecule has 1 unspecified atom stereocenters. The zero-order valence-corrected chi connectivity index (χ0v) is 13.0. The van der Waals surface area contributed by atoms with Crippen molar-refractivity contribution in [1.29, 1.82) is 5.26 Å². The van der Waals surface area contributed by atoms with Gasteiger partial charge >= 0.3 is 0 Å². The number of hydrogen-bond acceptors (Lipinski definition) is 3. The van der Waals surface area contributed by atoms with Crippen LogP contribution in [0, 0.1) is 11.3 Å². The normalized spacial score (nSPS) is 11.7. The molecule has 0 saturated carbocycles. The van der Waals surface area contributed by atoms with Crippen molar-refractivity contribution >= 4 is 35.0 Å². The van der Waals surface area contributed by atoms with Crippen molar-refractivity contribution < 1.29 is 4.74 Å². The highest BCUT2D eigenvalue weighted by molar-refractivity contribution is 7.99. The number of halogens is 2. The molecule has 0 spiro atoms. The first-order valence-corrected chi connectivity index (χ1v) is 7.45. The van der Waals surface area contributed by atoms with Gasteiger partial charge in [0.05, 0.1) is 10.0 Å². The molecule has 0 aliphatic carbocycles. The van der Waals surface area contributed by atoms with Crippen molar-refractivity contribution in [1.82, 2.24) is 0 Å². The first-order chi connectivity index (χ1) is 9.58. The molecule has 0 aromatic heterocycles. The highest BCUT2D eigenvalue weighted by atomic mass is 35.5. The van der Waals surface area contributed by atoms with E-state index in [4.69, 9.17) is 33.2 Å². The molecule has 0 aliphatic rings. The van der Waals surface area contributed by atoms with E-state index in [1.165, 1.54) is 0 Å². The molecule has 0 bridgehead atoms. The third-order valence-corrected chi connectivity index (χ3v) is 4.18. The van der Waals surface area contributed by atoms with Gasteiger partial charge in [0.25, 0.3) is 0 Å². The molecule has 0 saturated heterocycles. The summed E-state index contributed by atoms with van der Waals surface area (Å²) in [6, 6.07) is 15.1. The number of nitrogens with zero attached hydrogens (tertiary/aromatic N) is 1. The van der Waals surface area contributed by atoms with Crippen LogP contribution in [0.15, 0.2) is 52.3 Å². The fraction of sp³-hybridized carbons (Fsp3) is 0.133. The van der Waals surface area contributed by atoms with Crippen LogP contribution < -0.4 is 4.74 Å². The Morgan fingerprint density at radius 3 is 2.30 bits per heavy atom. The van der Waals surface area contributed by atoms with Crippen LogP contribution in [0.25, 0.3) is 0 Å². The zero-order chi connectivity index (χ0) is 14.5. The van der Waals surface area contributed by atoms with Gasteiger partial charge in [-0.1, -0.05) is 35.0 Å². The number of rotatable bonds is 4. The van der Waals surface area contributed by atoms with Crippen LogP contribution in [0.4, 0.5) is 0 Å². The van der Waals surface area contributed by atoms with Crippen LogP contribution in [0.5, 0.6) is 5.75 Å². The Kier molecular flexibility index (Phi) is 5.19. The predicted molar refractivity (Wildman–Crippen MR) is 82.7 cm³/mol. The molecule has 1 atom stereocenters. The second-order valence-electron chi connectivity index (χ2n) is 4.04. The van der Waals surface area contributed by atoms with Crippen molar-refractivity contribution in [3.05, 3.63) is 52.5 Å². The van der Waals surface area contributed by atoms with Gasteiger partial charge in [-0.2, -0.15) is 5.26 Å². The van der Waals surface area contributed by atoms with Crippen molar-refractivity contribution in [2.75, 3.05) is 0 Å². The third kappa shape index (κ3) is 4.08. The van der Waals surface area contributed by atoms with Crippen molar-refractivity contribution in [2.24, 2.45) is 0 Å². The van der Waals surface area contributed by atoms with E-state index in [0.717, 1.165) is 9.79 Å². The average Bonchev–Trinajstić information content (AvgIpc) is 2.45. The summed E-state index contributed by atoms with van der Waals surface area (Å²) in [6.07, 6.45) is -0.455. The molecule has 2 aromatic carbocycles. The van der Waals surface area contributed by atoms with E-state index in [9.17, 15) is 0 Å². The summed E-state index contributed by atoms with van der Waals surface area (Å²) in [5.74, 6) is 0.678. The summed E-state index contributed by atoms with van der Waals surface area (Å²) >= 11 is 13.4. The van der Waals surface area contributed by atoms with Crippen LogP contribution in [-0.4, -0.2) is 6.10 Å². The van der Waals surface area contributed by atoms with Crippen LogP contribution in [0.1, 0.15) is 6.92 Å². The minimum Gasteiger partial charge on any atom is -0.476 e. The second kappa shape index (κ2) is 6.90. The molecule has 0 heterocycles. The van der Waals surface area contributed by atoms with Crippen molar-refractivity contribution in [3.8, 4) is 11.8 Å². The Labute approximate surface area is 132 Å². The molecule has 20 heavy (non-hydrogen) atoms. The lowest BCUT2D eigenvalue weighted by atomic mass is 10.3. The third-order valence-electron chi connectivity index (χ3n) is 2.45. The van der Waals surface area contributed by atoms with Gasteiger partial charge in [-0.05, 0) is 49.4 Å². The van der Waals surface area contributed by atoms with E-state index < -0.39 is 6.10 Å². The molecular formula is C15H11Cl2NOS. The minimum absolute atomic E-state index is 0.455. The average molecular weight is 324 g/mol. The minimum atomic E-state index is -0.455. The Morgan fingerprint density at radius 1 is 1.05 bits per heavy atom. The Balaban J connectivity index is 2.07. The highest BCUT2D eigenvalue weighted by Gasteiger charge is 2.04. The van der Waals surface area contributed by atoms with Gasteiger partial charge in [0.15, 0.2) is 6.10 Å². The summed E-state index contributed by atoms with van der Waals surface area (Å²) in [5.41, 5.74) is 0. The highest BCUT2D eigenvalue weighted by Crippen LogP contribution is 2.33. The smallest absolute Gasteiger partial charge is 0.181 e. The molecule has 2 nitrogen and oxygen atoms in total. The predicted octanol–water partition coefficient (Wildman–Crippen LogP) is 5.44. The molecule has 0 aliphatic heterocycles. The van der Waals surface area contributed by atoms with Gasteiger partial charge in [0.2, 0.25) is 0 Å². The van der Waals surface area contributed by atoms with Gasteiger partial charge in [0.1, 0.15) is 11.8 Å². The van der Waals surface area contributed by atoms with E-state index in [1.807, 2.05) is 42.5 Å². The molecule has 2 rings (SSSR count). The lowest BCUT2D eigenvalue weighted by Gasteiger charge is -2.08. The first-order valence-electron chi connectivity index (χ1n) is 5.88. The van der Waals surface area contributed by atoms with Crippen molar-refractivity contribution in [2.45, 2.75) is 22.8 Å².